The highest BCUT2D eigenvalue weighted by atomic mass is 16.5. The van der Waals surface area contributed by atoms with E-state index in [4.69, 9.17) is 15.1 Å². The van der Waals surface area contributed by atoms with Crippen molar-refractivity contribution in [2.45, 2.75) is 38.2 Å². The second-order valence-electron chi connectivity index (χ2n) is 9.42. The molecule has 3 rings (SSSR count). The Morgan fingerprint density at radius 1 is 1.36 bits per heavy atom. The lowest BCUT2D eigenvalue weighted by molar-refractivity contribution is -0.127. The first-order valence-corrected chi connectivity index (χ1v) is 12.5. The number of ether oxygens (including phenoxy) is 1. The summed E-state index contributed by atoms with van der Waals surface area (Å²) in [7, 11) is 3.96. The number of nitrogens with zero attached hydrogens (tertiary/aromatic N) is 3. The molecule has 6 nitrogen and oxygen atoms in total. The third kappa shape index (κ3) is 7.49. The lowest BCUT2D eigenvalue weighted by Crippen LogP contribution is -2.38. The summed E-state index contributed by atoms with van der Waals surface area (Å²) < 4.78 is 5.78. The molecule has 6 heteroatoms. The molecule has 1 aliphatic heterocycles. The lowest BCUT2D eigenvalue weighted by Gasteiger charge is -2.32. The molecule has 1 saturated heterocycles. The fourth-order valence-corrected chi connectivity index (χ4v) is 4.37. The molecule has 2 heterocycles. The second-order valence-corrected chi connectivity index (χ2v) is 9.42. The largest absolute Gasteiger partial charge is 0.494 e. The lowest BCUT2D eigenvalue weighted by atomic mass is 9.91. The molecule has 1 N–H and O–H groups in total. The zero-order chi connectivity index (χ0) is 25.9. The van der Waals surface area contributed by atoms with E-state index in [-0.39, 0.29) is 17.9 Å². The van der Waals surface area contributed by atoms with Crippen LogP contribution in [0.5, 0.6) is 0 Å². The Labute approximate surface area is 215 Å². The van der Waals surface area contributed by atoms with E-state index in [1.165, 1.54) is 6.21 Å². The average Bonchev–Trinajstić information content (AvgIpc) is 2.89. The number of rotatable bonds is 10. The summed E-state index contributed by atoms with van der Waals surface area (Å²) in [6, 6.07) is 1.99. The molecule has 1 aromatic heterocycles. The van der Waals surface area contributed by atoms with E-state index in [2.05, 4.69) is 12.7 Å². The molecule has 0 aromatic carbocycles. The number of pyridine rings is 1. The summed E-state index contributed by atoms with van der Waals surface area (Å²) in [6.45, 7) is 8.10. The van der Waals surface area contributed by atoms with Crippen molar-refractivity contribution in [2.24, 2.45) is 0 Å². The molecular weight excluding hydrogens is 448 g/mol. The van der Waals surface area contributed by atoms with Gasteiger partial charge in [0.05, 0.1) is 12.0 Å². The smallest absolute Gasteiger partial charge is 0.246 e. The summed E-state index contributed by atoms with van der Waals surface area (Å²) in [5, 5.41) is 7.97. The van der Waals surface area contributed by atoms with Crippen molar-refractivity contribution >= 4 is 17.7 Å². The molecule has 1 amide bonds. The first-order chi connectivity index (χ1) is 17.4. The molecule has 190 valence electrons. The van der Waals surface area contributed by atoms with E-state index in [0.717, 1.165) is 60.4 Å². The number of carbonyl (C=O) groups is 1. The molecule has 1 aromatic rings. The molecule has 1 aliphatic carbocycles. The number of aromatic nitrogens is 1. The summed E-state index contributed by atoms with van der Waals surface area (Å²) >= 11 is 0. The Hall–Kier alpha value is -3.51. The first kappa shape index (κ1) is 27.1. The van der Waals surface area contributed by atoms with Gasteiger partial charge in [-0.15, -0.1) is 0 Å². The molecule has 2 unspecified atom stereocenters. The van der Waals surface area contributed by atoms with Crippen molar-refractivity contribution < 1.29 is 9.53 Å². The predicted octanol–water partition coefficient (Wildman–Crippen LogP) is 5.20. The van der Waals surface area contributed by atoms with Crippen molar-refractivity contribution in [1.82, 2.24) is 14.8 Å². The quantitative estimate of drug-likeness (QED) is 0.214. The Kier molecular flexibility index (Phi) is 10.2. The maximum absolute atomic E-state index is 12.7. The standard InChI is InChI=1S/C30H38N4O2/c1-5-24(13-11-19-36-27-14-7-6-8-15-27)30-23(2)26(21-31)20-28(32-30)25-12-9-18-34(22-25)29(35)16-10-17-33(3)4/h5-8,10-11,13-14,16,19-21,25,27,31H,1,9,12,15,17-18,22H2,2-4H3/b16-10+,19-11+,24-13+,31-21?. The van der Waals surface area contributed by atoms with Crippen molar-refractivity contribution in [1.29, 1.82) is 5.41 Å². The van der Waals surface area contributed by atoms with Crippen LogP contribution in [0.3, 0.4) is 0 Å². The van der Waals surface area contributed by atoms with Gasteiger partial charge in [-0.2, -0.15) is 0 Å². The van der Waals surface area contributed by atoms with Crippen LogP contribution < -0.4 is 0 Å². The number of allylic oxidation sites excluding steroid dienone is 6. The van der Waals surface area contributed by atoms with Gasteiger partial charge in [0.25, 0.3) is 0 Å². The van der Waals surface area contributed by atoms with Crippen molar-refractivity contribution in [3.8, 4) is 0 Å². The zero-order valence-electron chi connectivity index (χ0n) is 21.7. The number of likely N-dealkylation sites (tertiary alicyclic amines) is 1. The van der Waals surface area contributed by atoms with Gasteiger partial charge >= 0.3 is 0 Å². The number of amides is 1. The summed E-state index contributed by atoms with van der Waals surface area (Å²) in [4.78, 5) is 21.7. The number of likely N-dealkylation sites (N-methyl/N-ethyl adjacent to an activating group) is 1. The Morgan fingerprint density at radius 3 is 2.89 bits per heavy atom. The van der Waals surface area contributed by atoms with Gasteiger partial charge in [-0.1, -0.05) is 37.0 Å². The Balaban J connectivity index is 1.79. The molecule has 2 aliphatic rings. The minimum atomic E-state index is 0.0428. The zero-order valence-corrected chi connectivity index (χ0v) is 21.7. The molecule has 0 spiro atoms. The normalized spacial score (nSPS) is 20.4. The highest BCUT2D eigenvalue weighted by Gasteiger charge is 2.26. The van der Waals surface area contributed by atoms with Crippen LogP contribution in [-0.4, -0.2) is 66.7 Å². The highest BCUT2D eigenvalue weighted by molar-refractivity contribution is 5.88. The molecule has 0 saturated carbocycles. The van der Waals surface area contributed by atoms with Gasteiger partial charge < -0.3 is 19.9 Å². The van der Waals surface area contributed by atoms with E-state index in [1.54, 1.807) is 18.4 Å². The third-order valence-corrected chi connectivity index (χ3v) is 6.41. The number of piperidine rings is 1. The fraction of sp³-hybridized carbons (Fsp3) is 0.367. The minimum Gasteiger partial charge on any atom is -0.494 e. The van der Waals surface area contributed by atoms with E-state index in [1.807, 2.05) is 73.3 Å². The van der Waals surface area contributed by atoms with Crippen molar-refractivity contribution in [2.75, 3.05) is 33.7 Å². The van der Waals surface area contributed by atoms with Crippen LogP contribution in [-0.2, 0) is 9.53 Å². The number of carbonyl (C=O) groups excluding carboxylic acids is 1. The van der Waals surface area contributed by atoms with E-state index < -0.39 is 0 Å². The average molecular weight is 487 g/mol. The van der Waals surface area contributed by atoms with Crippen LogP contribution in [0.4, 0.5) is 0 Å². The topological polar surface area (TPSA) is 69.5 Å². The van der Waals surface area contributed by atoms with Crippen molar-refractivity contribution in [3.05, 3.63) is 96.1 Å². The van der Waals surface area contributed by atoms with Crippen LogP contribution in [0.1, 0.15) is 47.7 Å². The van der Waals surface area contributed by atoms with Crippen LogP contribution in [0.25, 0.3) is 5.57 Å². The van der Waals surface area contributed by atoms with Crippen LogP contribution in [0, 0.1) is 12.3 Å². The molecule has 36 heavy (non-hydrogen) atoms. The van der Waals surface area contributed by atoms with Gasteiger partial charge in [0.15, 0.2) is 0 Å². The van der Waals surface area contributed by atoms with E-state index in [0.29, 0.717) is 6.54 Å². The third-order valence-electron chi connectivity index (χ3n) is 6.41. The monoisotopic (exact) mass is 486 g/mol. The van der Waals surface area contributed by atoms with Gasteiger partial charge in [0, 0.05) is 50.0 Å². The van der Waals surface area contributed by atoms with Gasteiger partial charge in [-0.3, -0.25) is 9.78 Å². The fourth-order valence-electron chi connectivity index (χ4n) is 4.37. The predicted molar refractivity (Wildman–Crippen MR) is 148 cm³/mol. The van der Waals surface area contributed by atoms with Crippen LogP contribution in [0.15, 0.2) is 73.6 Å². The Morgan fingerprint density at radius 2 is 2.19 bits per heavy atom. The first-order valence-electron chi connectivity index (χ1n) is 12.5. The van der Waals surface area contributed by atoms with Crippen molar-refractivity contribution in [3.63, 3.8) is 0 Å². The number of hydrogen-bond donors (Lipinski definition) is 1. The number of hydrogen-bond acceptors (Lipinski definition) is 5. The van der Waals surface area contributed by atoms with Gasteiger partial charge in [0.1, 0.15) is 6.10 Å². The van der Waals surface area contributed by atoms with Crippen LogP contribution >= 0.6 is 0 Å². The molecule has 2 atom stereocenters. The second kappa shape index (κ2) is 13.5. The summed E-state index contributed by atoms with van der Waals surface area (Å²) in [6.07, 6.45) is 23.2. The summed E-state index contributed by atoms with van der Waals surface area (Å²) in [5.74, 6) is 0.167. The maximum Gasteiger partial charge on any atom is 0.246 e. The minimum absolute atomic E-state index is 0.0428. The highest BCUT2D eigenvalue weighted by Crippen LogP contribution is 2.30. The number of nitrogens with one attached hydrogen (secondary N) is 1. The maximum atomic E-state index is 12.7. The molecule has 1 fully saturated rings. The van der Waals surface area contributed by atoms with Gasteiger partial charge in [-0.25, -0.2) is 0 Å². The Bertz CT molecular complexity index is 1090. The van der Waals surface area contributed by atoms with E-state index >= 15 is 0 Å². The molecule has 0 bridgehead atoms. The summed E-state index contributed by atoms with van der Waals surface area (Å²) in [5.41, 5.74) is 4.35. The van der Waals surface area contributed by atoms with Crippen LogP contribution in [0.2, 0.25) is 0 Å². The SMILES string of the molecule is C=C/C(=C\C=C\OC1C=CC=CC1)c1nc(C2CCCN(C(=O)/C=C/CN(C)C)C2)cc(C=N)c1C. The molecular formula is C30H38N4O2. The van der Waals surface area contributed by atoms with Gasteiger partial charge in [-0.05, 0) is 74.9 Å². The van der Waals surface area contributed by atoms with E-state index in [9.17, 15) is 4.79 Å². The van der Waals surface area contributed by atoms with Gasteiger partial charge in [0.2, 0.25) is 5.91 Å². The molecule has 0 radical (unpaired) electrons.